The molecule has 0 unspecified atom stereocenters. The molecule has 0 fully saturated rings. The largest absolute Gasteiger partial charge is 0.354 e. The molecule has 1 N–H and O–H groups in total. The fraction of sp³-hybridized carbons (Fsp3) is 0.273. The van der Waals surface area contributed by atoms with Crippen LogP contribution in [0.15, 0.2) is 18.3 Å². The Balaban J connectivity index is 2.73. The maximum Gasteiger partial charge on any atom is 0.269 e. The Hall–Kier alpha value is -1.84. The van der Waals surface area contributed by atoms with E-state index in [1.54, 1.807) is 11.4 Å². The van der Waals surface area contributed by atoms with Gasteiger partial charge in [-0.1, -0.05) is 0 Å². The van der Waals surface area contributed by atoms with Gasteiger partial charge in [-0.2, -0.15) is 0 Å². The van der Waals surface area contributed by atoms with Gasteiger partial charge in [-0.05, 0) is 31.5 Å². The molecular formula is C11H13N3O. The summed E-state index contributed by atoms with van der Waals surface area (Å²) in [7, 11) is 1.62. The lowest BCUT2D eigenvalue weighted by Gasteiger charge is -2.01. The smallest absolute Gasteiger partial charge is 0.269 e. The Morgan fingerprint density at radius 2 is 2.20 bits per heavy atom. The van der Waals surface area contributed by atoms with Crippen LogP contribution in [0.3, 0.4) is 0 Å². The van der Waals surface area contributed by atoms with Crippen molar-refractivity contribution < 1.29 is 4.79 Å². The van der Waals surface area contributed by atoms with Gasteiger partial charge in [0, 0.05) is 13.2 Å². The van der Waals surface area contributed by atoms with E-state index in [0.717, 1.165) is 16.9 Å². The molecule has 0 aromatic carbocycles. The number of fused-ring (bicyclic) bond motifs is 1. The van der Waals surface area contributed by atoms with Gasteiger partial charge < -0.3 is 5.32 Å². The lowest BCUT2D eigenvalue weighted by molar-refractivity contribution is 0.0956. The lowest BCUT2D eigenvalue weighted by atomic mass is 10.3. The average molecular weight is 203 g/mol. The van der Waals surface area contributed by atoms with Gasteiger partial charge in [0.25, 0.3) is 5.91 Å². The Morgan fingerprint density at radius 1 is 1.47 bits per heavy atom. The van der Waals surface area contributed by atoms with Crippen LogP contribution in [-0.2, 0) is 0 Å². The SMILES string of the molecule is CNC(=O)c1c(C)nc2cc(C)ccn12. The standard InChI is InChI=1S/C11H13N3O/c1-7-4-5-14-9(6-7)13-8(2)10(14)11(15)12-3/h4-6H,1-3H3,(H,12,15). The summed E-state index contributed by atoms with van der Waals surface area (Å²) in [5.74, 6) is -0.108. The van der Waals surface area contributed by atoms with E-state index in [4.69, 9.17) is 0 Å². The van der Waals surface area contributed by atoms with Gasteiger partial charge >= 0.3 is 0 Å². The number of rotatable bonds is 1. The van der Waals surface area contributed by atoms with Gasteiger partial charge in [0.05, 0.1) is 5.69 Å². The summed E-state index contributed by atoms with van der Waals surface area (Å²) >= 11 is 0. The molecular weight excluding hydrogens is 190 g/mol. The molecule has 4 heteroatoms. The van der Waals surface area contributed by atoms with E-state index in [0.29, 0.717) is 5.69 Å². The number of carbonyl (C=O) groups excluding carboxylic acids is 1. The highest BCUT2D eigenvalue weighted by atomic mass is 16.1. The molecule has 0 spiro atoms. The fourth-order valence-electron chi connectivity index (χ4n) is 1.66. The van der Waals surface area contributed by atoms with E-state index in [1.807, 2.05) is 32.2 Å². The first-order valence-corrected chi connectivity index (χ1v) is 4.81. The molecule has 15 heavy (non-hydrogen) atoms. The summed E-state index contributed by atoms with van der Waals surface area (Å²) in [6.45, 7) is 3.84. The van der Waals surface area contributed by atoms with Crippen molar-refractivity contribution in [1.82, 2.24) is 14.7 Å². The van der Waals surface area contributed by atoms with Crippen LogP contribution < -0.4 is 5.32 Å². The van der Waals surface area contributed by atoms with Crippen molar-refractivity contribution in [3.8, 4) is 0 Å². The second kappa shape index (κ2) is 3.38. The van der Waals surface area contributed by atoms with Crippen LogP contribution in [0.2, 0.25) is 0 Å². The van der Waals surface area contributed by atoms with Crippen molar-refractivity contribution in [3.05, 3.63) is 35.3 Å². The Labute approximate surface area is 87.9 Å². The van der Waals surface area contributed by atoms with Gasteiger partial charge in [0.15, 0.2) is 0 Å². The number of carbonyl (C=O) groups is 1. The molecule has 0 bridgehead atoms. The maximum absolute atomic E-state index is 11.6. The van der Waals surface area contributed by atoms with E-state index < -0.39 is 0 Å². The van der Waals surface area contributed by atoms with E-state index in [1.165, 1.54) is 0 Å². The summed E-state index contributed by atoms with van der Waals surface area (Å²) < 4.78 is 1.81. The van der Waals surface area contributed by atoms with Crippen molar-refractivity contribution in [3.63, 3.8) is 0 Å². The molecule has 0 radical (unpaired) electrons. The highest BCUT2D eigenvalue weighted by Crippen LogP contribution is 2.13. The Bertz CT molecular complexity index is 528. The minimum Gasteiger partial charge on any atom is -0.354 e. The van der Waals surface area contributed by atoms with Crippen molar-refractivity contribution in [2.24, 2.45) is 0 Å². The van der Waals surface area contributed by atoms with Crippen LogP contribution in [-0.4, -0.2) is 22.3 Å². The summed E-state index contributed by atoms with van der Waals surface area (Å²) in [5.41, 5.74) is 3.30. The van der Waals surface area contributed by atoms with Crippen molar-refractivity contribution in [1.29, 1.82) is 0 Å². The number of nitrogens with one attached hydrogen (secondary N) is 1. The van der Waals surface area contributed by atoms with Crippen LogP contribution in [0, 0.1) is 13.8 Å². The molecule has 0 aliphatic heterocycles. The van der Waals surface area contributed by atoms with Crippen LogP contribution in [0.1, 0.15) is 21.7 Å². The molecule has 0 atom stereocenters. The van der Waals surface area contributed by atoms with E-state index in [9.17, 15) is 4.79 Å². The number of hydrogen-bond donors (Lipinski definition) is 1. The minimum absolute atomic E-state index is 0.108. The highest BCUT2D eigenvalue weighted by molar-refractivity contribution is 5.94. The number of nitrogens with zero attached hydrogens (tertiary/aromatic N) is 2. The Kier molecular flexibility index (Phi) is 2.19. The number of aryl methyl sites for hydroxylation is 2. The number of aromatic nitrogens is 2. The summed E-state index contributed by atoms with van der Waals surface area (Å²) in [4.78, 5) is 16.0. The van der Waals surface area contributed by atoms with E-state index in [-0.39, 0.29) is 5.91 Å². The fourth-order valence-corrected chi connectivity index (χ4v) is 1.66. The topological polar surface area (TPSA) is 46.4 Å². The third kappa shape index (κ3) is 1.48. The van der Waals surface area contributed by atoms with Crippen molar-refractivity contribution in [2.75, 3.05) is 7.05 Å². The second-order valence-electron chi connectivity index (χ2n) is 3.56. The number of imidazole rings is 1. The highest BCUT2D eigenvalue weighted by Gasteiger charge is 2.14. The molecule has 0 aliphatic carbocycles. The number of amides is 1. The third-order valence-electron chi connectivity index (χ3n) is 2.40. The quantitative estimate of drug-likeness (QED) is 0.759. The summed E-state index contributed by atoms with van der Waals surface area (Å²) in [5, 5.41) is 2.62. The predicted octanol–water partition coefficient (Wildman–Crippen LogP) is 1.31. The molecule has 2 aromatic rings. The Morgan fingerprint density at radius 3 is 2.87 bits per heavy atom. The van der Waals surface area contributed by atoms with E-state index in [2.05, 4.69) is 10.3 Å². The lowest BCUT2D eigenvalue weighted by Crippen LogP contribution is -2.20. The zero-order chi connectivity index (χ0) is 11.0. The summed E-state index contributed by atoms with van der Waals surface area (Å²) in [6.07, 6.45) is 1.87. The minimum atomic E-state index is -0.108. The average Bonchev–Trinajstić information content (AvgIpc) is 2.52. The predicted molar refractivity (Wildman–Crippen MR) is 58.1 cm³/mol. The molecule has 0 saturated heterocycles. The van der Waals surface area contributed by atoms with Crippen LogP contribution in [0.5, 0.6) is 0 Å². The second-order valence-corrected chi connectivity index (χ2v) is 3.56. The maximum atomic E-state index is 11.6. The van der Waals surface area contributed by atoms with Crippen molar-refractivity contribution in [2.45, 2.75) is 13.8 Å². The van der Waals surface area contributed by atoms with Crippen LogP contribution in [0.25, 0.3) is 5.65 Å². The molecule has 2 heterocycles. The van der Waals surface area contributed by atoms with Gasteiger partial charge in [0.2, 0.25) is 0 Å². The first-order chi connectivity index (χ1) is 7.13. The van der Waals surface area contributed by atoms with Crippen molar-refractivity contribution >= 4 is 11.6 Å². The van der Waals surface area contributed by atoms with Gasteiger partial charge in [-0.15, -0.1) is 0 Å². The van der Waals surface area contributed by atoms with Crippen LogP contribution in [0.4, 0.5) is 0 Å². The summed E-state index contributed by atoms with van der Waals surface area (Å²) in [6, 6.07) is 3.92. The van der Waals surface area contributed by atoms with Gasteiger partial charge in [0.1, 0.15) is 11.3 Å². The molecule has 78 valence electrons. The van der Waals surface area contributed by atoms with E-state index >= 15 is 0 Å². The molecule has 0 aliphatic rings. The molecule has 2 rings (SSSR count). The molecule has 2 aromatic heterocycles. The van der Waals surface area contributed by atoms with Crippen LogP contribution >= 0.6 is 0 Å². The molecule has 0 saturated carbocycles. The molecule has 4 nitrogen and oxygen atoms in total. The number of pyridine rings is 1. The zero-order valence-corrected chi connectivity index (χ0v) is 9.03. The first kappa shape index (κ1) is 9.71. The van der Waals surface area contributed by atoms with Gasteiger partial charge in [-0.25, -0.2) is 4.98 Å². The van der Waals surface area contributed by atoms with Gasteiger partial charge in [-0.3, -0.25) is 9.20 Å². The zero-order valence-electron chi connectivity index (χ0n) is 9.03. The monoisotopic (exact) mass is 203 g/mol. The first-order valence-electron chi connectivity index (χ1n) is 4.81. The number of hydrogen-bond acceptors (Lipinski definition) is 2. The third-order valence-corrected chi connectivity index (χ3v) is 2.40. The normalized spacial score (nSPS) is 10.6. The molecule has 1 amide bonds.